The molecular formula is C29H37N3O3. The molecule has 0 unspecified atom stereocenters. The lowest BCUT2D eigenvalue weighted by Crippen LogP contribution is -2.40. The van der Waals surface area contributed by atoms with Crippen molar-refractivity contribution in [1.82, 2.24) is 15.2 Å². The van der Waals surface area contributed by atoms with Gasteiger partial charge in [0.15, 0.2) is 0 Å². The van der Waals surface area contributed by atoms with E-state index in [9.17, 15) is 4.79 Å². The highest BCUT2D eigenvalue weighted by Gasteiger charge is 2.21. The monoisotopic (exact) mass is 475 g/mol. The Balaban J connectivity index is 1.26. The Morgan fingerprint density at radius 1 is 1.06 bits per heavy atom. The summed E-state index contributed by atoms with van der Waals surface area (Å²) in [5, 5.41) is 3.05. The molecule has 35 heavy (non-hydrogen) atoms. The summed E-state index contributed by atoms with van der Waals surface area (Å²) in [6.45, 7) is 13.0. The molecule has 2 aromatic carbocycles. The van der Waals surface area contributed by atoms with Crippen LogP contribution >= 0.6 is 0 Å². The van der Waals surface area contributed by atoms with Gasteiger partial charge in [-0.1, -0.05) is 31.5 Å². The molecule has 1 aliphatic rings. The predicted octanol–water partition coefficient (Wildman–Crippen LogP) is 5.64. The van der Waals surface area contributed by atoms with Crippen LogP contribution in [0.25, 0.3) is 11.5 Å². The van der Waals surface area contributed by atoms with Crippen LogP contribution in [0.5, 0.6) is 5.75 Å². The fourth-order valence-corrected chi connectivity index (χ4v) is 4.82. The number of aryl methyl sites for hydroxylation is 2. The topological polar surface area (TPSA) is 67.6 Å². The zero-order valence-electron chi connectivity index (χ0n) is 21.3. The number of hydrogen-bond acceptors (Lipinski definition) is 5. The van der Waals surface area contributed by atoms with Crippen LogP contribution in [-0.4, -0.2) is 42.0 Å². The first-order chi connectivity index (χ1) is 16.9. The molecule has 0 bridgehead atoms. The third-order valence-corrected chi connectivity index (χ3v) is 6.56. The van der Waals surface area contributed by atoms with E-state index in [2.05, 4.69) is 29.0 Å². The first-order valence-corrected chi connectivity index (χ1v) is 12.6. The summed E-state index contributed by atoms with van der Waals surface area (Å²) in [6, 6.07) is 15.3. The molecule has 1 fully saturated rings. The lowest BCUT2D eigenvalue weighted by atomic mass is 9.92. The number of oxazole rings is 1. The van der Waals surface area contributed by atoms with Gasteiger partial charge in [-0.15, -0.1) is 0 Å². The molecule has 186 valence electrons. The lowest BCUT2D eigenvalue weighted by Gasteiger charge is -2.34. The molecule has 1 N–H and O–H groups in total. The number of benzene rings is 2. The molecule has 4 rings (SSSR count). The molecule has 0 spiro atoms. The zero-order valence-corrected chi connectivity index (χ0v) is 21.3. The van der Waals surface area contributed by atoms with Gasteiger partial charge in [-0.25, -0.2) is 4.98 Å². The van der Waals surface area contributed by atoms with Crippen molar-refractivity contribution < 1.29 is 13.9 Å². The van der Waals surface area contributed by atoms with E-state index < -0.39 is 0 Å². The number of piperidine rings is 1. The molecule has 2 heterocycles. The number of rotatable bonds is 9. The average Bonchev–Trinajstić information content (AvgIpc) is 3.21. The van der Waals surface area contributed by atoms with Crippen LogP contribution in [0, 0.1) is 25.7 Å². The van der Waals surface area contributed by atoms with E-state index >= 15 is 0 Å². The van der Waals surface area contributed by atoms with Gasteiger partial charge in [0.25, 0.3) is 5.91 Å². The highest BCUT2D eigenvalue weighted by atomic mass is 16.5. The number of amides is 1. The van der Waals surface area contributed by atoms with Crippen molar-refractivity contribution in [2.45, 2.75) is 47.1 Å². The molecule has 0 aliphatic carbocycles. The molecule has 0 saturated carbocycles. The SMILES string of the molecule is Cc1ccc(OCc2nc(-c3ccc(C(=O)NCCCN4C[C@H](C)C[C@@H](C)C4)cc3)oc2C)cc1. The zero-order chi connectivity index (χ0) is 24.8. The molecule has 1 saturated heterocycles. The Bertz CT molecular complexity index is 1100. The average molecular weight is 476 g/mol. The highest BCUT2D eigenvalue weighted by Crippen LogP contribution is 2.24. The van der Waals surface area contributed by atoms with Gasteiger partial charge in [0.05, 0.1) is 0 Å². The van der Waals surface area contributed by atoms with Crippen molar-refractivity contribution >= 4 is 5.91 Å². The number of hydrogen-bond donors (Lipinski definition) is 1. The van der Waals surface area contributed by atoms with Gasteiger partial charge in [-0.3, -0.25) is 4.79 Å². The summed E-state index contributed by atoms with van der Waals surface area (Å²) in [5.41, 5.74) is 3.43. The third kappa shape index (κ3) is 6.95. The number of carbonyl (C=O) groups is 1. The molecule has 2 atom stereocenters. The van der Waals surface area contributed by atoms with E-state index in [1.54, 1.807) is 0 Å². The van der Waals surface area contributed by atoms with Gasteiger partial charge in [0.1, 0.15) is 23.8 Å². The van der Waals surface area contributed by atoms with E-state index in [0.717, 1.165) is 47.6 Å². The molecule has 6 nitrogen and oxygen atoms in total. The van der Waals surface area contributed by atoms with Crippen LogP contribution in [0.15, 0.2) is 52.9 Å². The predicted molar refractivity (Wildman–Crippen MR) is 139 cm³/mol. The molecule has 6 heteroatoms. The number of likely N-dealkylation sites (tertiary alicyclic amines) is 1. The van der Waals surface area contributed by atoms with Gasteiger partial charge < -0.3 is 19.4 Å². The van der Waals surface area contributed by atoms with Crippen molar-refractivity contribution in [2.24, 2.45) is 11.8 Å². The van der Waals surface area contributed by atoms with Crippen molar-refractivity contribution in [3.05, 3.63) is 71.1 Å². The van der Waals surface area contributed by atoms with E-state index in [-0.39, 0.29) is 5.91 Å². The Morgan fingerprint density at radius 3 is 2.43 bits per heavy atom. The minimum atomic E-state index is -0.0484. The van der Waals surface area contributed by atoms with Crippen LogP contribution in [0.2, 0.25) is 0 Å². The minimum absolute atomic E-state index is 0.0484. The summed E-state index contributed by atoms with van der Waals surface area (Å²) < 4.78 is 11.7. The number of nitrogens with zero attached hydrogens (tertiary/aromatic N) is 2. The van der Waals surface area contributed by atoms with Crippen LogP contribution in [-0.2, 0) is 6.61 Å². The second kappa shape index (κ2) is 11.5. The van der Waals surface area contributed by atoms with Crippen molar-refractivity contribution in [2.75, 3.05) is 26.2 Å². The summed E-state index contributed by atoms with van der Waals surface area (Å²) >= 11 is 0. The van der Waals surface area contributed by atoms with Crippen LogP contribution in [0.1, 0.15) is 54.1 Å². The number of aromatic nitrogens is 1. The fourth-order valence-electron chi connectivity index (χ4n) is 4.82. The minimum Gasteiger partial charge on any atom is -0.487 e. The molecule has 0 radical (unpaired) electrons. The summed E-state index contributed by atoms with van der Waals surface area (Å²) in [4.78, 5) is 19.7. The highest BCUT2D eigenvalue weighted by molar-refractivity contribution is 5.94. The maximum absolute atomic E-state index is 12.6. The molecule has 1 aliphatic heterocycles. The largest absolute Gasteiger partial charge is 0.487 e. The standard InChI is InChI=1S/C29H37N3O3/c1-20-6-12-26(13-7-20)34-19-27-23(4)35-29(31-27)25-10-8-24(9-11-25)28(33)30-14-5-15-32-17-21(2)16-22(3)18-32/h6-13,21-22H,5,14-19H2,1-4H3,(H,30,33)/t21-,22-/m1/s1. The Labute approximate surface area is 208 Å². The third-order valence-electron chi connectivity index (χ3n) is 6.56. The van der Waals surface area contributed by atoms with Gasteiger partial charge in [0.2, 0.25) is 5.89 Å². The Morgan fingerprint density at radius 2 is 1.74 bits per heavy atom. The Hall–Kier alpha value is -3.12. The summed E-state index contributed by atoms with van der Waals surface area (Å²) in [7, 11) is 0. The van der Waals surface area contributed by atoms with Gasteiger partial charge in [-0.2, -0.15) is 0 Å². The first kappa shape index (κ1) is 25.0. The maximum Gasteiger partial charge on any atom is 0.251 e. The van der Waals surface area contributed by atoms with Gasteiger partial charge in [0, 0.05) is 30.8 Å². The van der Waals surface area contributed by atoms with Crippen molar-refractivity contribution in [1.29, 1.82) is 0 Å². The van der Waals surface area contributed by atoms with Crippen molar-refractivity contribution in [3.63, 3.8) is 0 Å². The summed E-state index contributed by atoms with van der Waals surface area (Å²) in [6.07, 6.45) is 2.28. The molecule has 3 aromatic rings. The molecule has 1 amide bonds. The van der Waals surface area contributed by atoms with E-state index in [0.29, 0.717) is 24.6 Å². The fraction of sp³-hybridized carbons (Fsp3) is 0.448. The number of carbonyl (C=O) groups excluding carboxylic acids is 1. The van der Waals surface area contributed by atoms with Gasteiger partial charge in [-0.05, 0) is 81.5 Å². The Kier molecular flexibility index (Phi) is 8.24. The lowest BCUT2D eigenvalue weighted by molar-refractivity contribution is 0.0947. The first-order valence-electron chi connectivity index (χ1n) is 12.6. The molecular weight excluding hydrogens is 438 g/mol. The smallest absolute Gasteiger partial charge is 0.251 e. The van der Waals surface area contributed by atoms with Crippen molar-refractivity contribution in [3.8, 4) is 17.2 Å². The second-order valence-electron chi connectivity index (χ2n) is 10.0. The second-order valence-corrected chi connectivity index (χ2v) is 10.0. The van der Waals surface area contributed by atoms with E-state index in [4.69, 9.17) is 9.15 Å². The van der Waals surface area contributed by atoms with Crippen LogP contribution in [0.3, 0.4) is 0 Å². The number of ether oxygens (including phenoxy) is 1. The van der Waals surface area contributed by atoms with E-state index in [1.807, 2.05) is 62.4 Å². The number of nitrogens with one attached hydrogen (secondary N) is 1. The van der Waals surface area contributed by atoms with Crippen LogP contribution in [0.4, 0.5) is 0 Å². The van der Waals surface area contributed by atoms with Crippen LogP contribution < -0.4 is 10.1 Å². The normalized spacial score (nSPS) is 18.4. The van der Waals surface area contributed by atoms with Gasteiger partial charge >= 0.3 is 0 Å². The van der Waals surface area contributed by atoms with E-state index in [1.165, 1.54) is 25.1 Å². The molecule has 1 aromatic heterocycles. The quantitative estimate of drug-likeness (QED) is 0.406. The summed E-state index contributed by atoms with van der Waals surface area (Å²) in [5.74, 6) is 3.53. The maximum atomic E-state index is 12.6.